The molecule has 0 saturated carbocycles. The molecule has 0 bridgehead atoms. The van der Waals surface area contributed by atoms with Gasteiger partial charge in [-0.3, -0.25) is 0 Å². The van der Waals surface area contributed by atoms with E-state index in [9.17, 15) is 0 Å². The summed E-state index contributed by atoms with van der Waals surface area (Å²) in [5, 5.41) is 3.85. The molecule has 2 N–H and O–H groups in total. The summed E-state index contributed by atoms with van der Waals surface area (Å²) in [4.78, 5) is 0. The normalized spacial score (nSPS) is 11.4. The molecule has 5 rings (SSSR count). The van der Waals surface area contributed by atoms with E-state index in [0.29, 0.717) is 0 Å². The number of nitrogens with two attached hydrogens (primary N) is 1. The van der Waals surface area contributed by atoms with Crippen LogP contribution in [0.3, 0.4) is 0 Å². The third kappa shape index (κ3) is 5.90. The van der Waals surface area contributed by atoms with E-state index in [1.165, 1.54) is 32.6 Å². The van der Waals surface area contributed by atoms with Gasteiger partial charge in [-0.2, -0.15) is 0 Å². The third-order valence-corrected chi connectivity index (χ3v) is 13.1. The minimum atomic E-state index is -2.54. The van der Waals surface area contributed by atoms with Crippen molar-refractivity contribution in [3.05, 3.63) is 138 Å². The zero-order valence-corrected chi connectivity index (χ0v) is 24.6. The van der Waals surface area contributed by atoms with Crippen LogP contribution in [-0.2, 0) is 19.2 Å². The summed E-state index contributed by atoms with van der Waals surface area (Å²) in [5.41, 5.74) is 12.7. The van der Waals surface area contributed by atoms with Crippen LogP contribution >= 0.6 is 17.9 Å². The minimum absolute atomic E-state index is 0.811. The second-order valence-electron chi connectivity index (χ2n) is 9.14. The predicted molar refractivity (Wildman–Crippen MR) is 163 cm³/mol. The Morgan fingerprint density at radius 2 is 0.865 bits per heavy atom. The zero-order valence-electron chi connectivity index (χ0n) is 21.3. The number of anilines is 1. The van der Waals surface area contributed by atoms with E-state index in [1.807, 2.05) is 42.5 Å². The number of benzene rings is 5. The van der Waals surface area contributed by atoms with E-state index >= 15 is 0 Å². The molecule has 0 atom stereocenters. The van der Waals surface area contributed by atoms with Crippen LogP contribution in [0, 0.1) is 20.8 Å². The fraction of sp³-hybridized carbons (Fsp3) is 0.0909. The van der Waals surface area contributed by atoms with Crippen molar-refractivity contribution in [1.29, 1.82) is 0 Å². The van der Waals surface area contributed by atoms with Gasteiger partial charge in [0.1, 0.15) is 0 Å². The van der Waals surface area contributed by atoms with Crippen molar-refractivity contribution in [2.45, 2.75) is 20.8 Å². The topological polar surface area (TPSA) is 26.0 Å². The summed E-state index contributed by atoms with van der Waals surface area (Å²) in [6.07, 6.45) is 0. The molecule has 0 aliphatic carbocycles. The first kappa shape index (κ1) is 27.3. The molecule has 191 valence electrons. The molecule has 37 heavy (non-hydrogen) atoms. The first-order chi connectivity index (χ1) is 17.8. The molecule has 5 aromatic rings. The number of nitrogen functional groups attached to an aromatic ring is 1. The summed E-state index contributed by atoms with van der Waals surface area (Å²) in [7, 11) is 0. The fourth-order valence-electron chi connectivity index (χ4n) is 4.72. The molecule has 0 amide bonds. The average Bonchev–Trinajstić information content (AvgIpc) is 2.90. The maximum absolute atomic E-state index is 7.57. The van der Waals surface area contributed by atoms with E-state index < -0.39 is 6.62 Å². The van der Waals surface area contributed by atoms with Gasteiger partial charge in [0.25, 0.3) is 0 Å². The van der Waals surface area contributed by atoms with Crippen molar-refractivity contribution in [3.8, 4) is 11.1 Å². The van der Waals surface area contributed by atoms with Gasteiger partial charge in [-0.05, 0) is 0 Å². The second kappa shape index (κ2) is 12.2. The van der Waals surface area contributed by atoms with Gasteiger partial charge >= 0.3 is 238 Å². The van der Waals surface area contributed by atoms with Crippen LogP contribution in [-0.4, -0.2) is 0 Å². The summed E-state index contributed by atoms with van der Waals surface area (Å²) < 4.78 is 1.11. The van der Waals surface area contributed by atoms with Gasteiger partial charge in [0.05, 0.1) is 0 Å². The van der Waals surface area contributed by atoms with Crippen LogP contribution in [0.1, 0.15) is 16.7 Å². The van der Waals surface area contributed by atoms with E-state index in [4.69, 9.17) is 17.0 Å². The summed E-state index contributed by atoms with van der Waals surface area (Å²) in [6.45, 7) is 3.95. The molecule has 0 fully saturated rings. The number of hydrogen-bond donors (Lipinski definition) is 1. The molecule has 0 aliphatic heterocycles. The molecular formula is C33H32ClNPPd. The molecule has 5 aromatic carbocycles. The van der Waals surface area contributed by atoms with Crippen LogP contribution in [0.15, 0.2) is 121 Å². The van der Waals surface area contributed by atoms with Gasteiger partial charge in [0.2, 0.25) is 0 Å². The van der Waals surface area contributed by atoms with E-state index in [2.05, 4.69) is 119 Å². The first-order valence-corrected chi connectivity index (χ1v) is 16.1. The van der Waals surface area contributed by atoms with E-state index in [0.717, 1.165) is 20.9 Å². The zero-order chi connectivity index (χ0) is 26.4. The van der Waals surface area contributed by atoms with Crippen LogP contribution in [0.25, 0.3) is 11.1 Å². The Balaban J connectivity index is 0.000000195. The maximum atomic E-state index is 7.57. The van der Waals surface area contributed by atoms with E-state index in [-0.39, 0.29) is 0 Å². The summed E-state index contributed by atoms with van der Waals surface area (Å²) >= 11 is 10.8. The Bertz CT molecular complexity index is 1360. The SMILES string of the molecule is Cc1ccccc1[PH](Cl)(c1ccccc1C)c1ccccc1C.Nc1ccccc1-c1cccc[c]1[Pd]. The Morgan fingerprint density at radius 1 is 0.514 bits per heavy atom. The van der Waals surface area contributed by atoms with Crippen molar-refractivity contribution in [2.75, 3.05) is 5.73 Å². The Labute approximate surface area is 237 Å². The standard InChI is InChI=1S/C21H22ClP.C12H10N.Pd/c1-16-10-4-7-13-19(16)23(22,20-14-8-5-11-17(20)2)21-15-9-6-12-18(21)3;13-12-9-5-4-8-11(12)10-6-2-1-3-7-10;/h4-15,23H,1-3H3;1-6,8-9H,13H2;. The summed E-state index contributed by atoms with van der Waals surface area (Å²) in [6, 6.07) is 41.6. The molecule has 4 heteroatoms. The Kier molecular flexibility index (Phi) is 9.02. The Hall–Kier alpha value is -2.72. The number of hydrogen-bond acceptors (Lipinski definition) is 1. The van der Waals surface area contributed by atoms with Crippen LogP contribution < -0.4 is 25.7 Å². The van der Waals surface area contributed by atoms with Gasteiger partial charge in [0, 0.05) is 0 Å². The Morgan fingerprint density at radius 3 is 1.27 bits per heavy atom. The predicted octanol–water partition coefficient (Wildman–Crippen LogP) is 6.90. The van der Waals surface area contributed by atoms with Crippen molar-refractivity contribution in [3.63, 3.8) is 0 Å². The average molecular weight is 615 g/mol. The molecule has 0 aliphatic rings. The van der Waals surface area contributed by atoms with Crippen molar-refractivity contribution >= 4 is 43.5 Å². The van der Waals surface area contributed by atoms with Gasteiger partial charge in [-0.25, -0.2) is 0 Å². The number of rotatable bonds is 4. The van der Waals surface area contributed by atoms with Gasteiger partial charge in [-0.15, -0.1) is 0 Å². The van der Waals surface area contributed by atoms with Crippen LogP contribution in [0.5, 0.6) is 0 Å². The number of para-hydroxylation sites is 1. The molecule has 0 radical (unpaired) electrons. The molecule has 1 nitrogen and oxygen atoms in total. The van der Waals surface area contributed by atoms with Crippen molar-refractivity contribution < 1.29 is 19.2 Å². The van der Waals surface area contributed by atoms with Gasteiger partial charge in [-0.1, -0.05) is 0 Å². The molecular weight excluding hydrogens is 583 g/mol. The molecule has 0 aromatic heterocycles. The van der Waals surface area contributed by atoms with Crippen LogP contribution in [0.2, 0.25) is 0 Å². The monoisotopic (exact) mass is 614 g/mol. The molecule has 0 saturated heterocycles. The van der Waals surface area contributed by atoms with Crippen LogP contribution in [0.4, 0.5) is 5.69 Å². The fourth-order valence-corrected chi connectivity index (χ4v) is 10.8. The summed E-state index contributed by atoms with van der Waals surface area (Å²) in [5.74, 6) is 0. The molecule has 0 spiro atoms. The first-order valence-electron chi connectivity index (χ1n) is 12.3. The molecule has 0 unspecified atom stereocenters. The third-order valence-electron chi connectivity index (χ3n) is 6.65. The van der Waals surface area contributed by atoms with Gasteiger partial charge in [0.15, 0.2) is 0 Å². The molecule has 0 heterocycles. The van der Waals surface area contributed by atoms with Crippen molar-refractivity contribution in [2.24, 2.45) is 0 Å². The number of halogens is 1. The van der Waals surface area contributed by atoms with E-state index in [1.54, 1.807) is 0 Å². The quantitative estimate of drug-likeness (QED) is 0.133. The van der Waals surface area contributed by atoms with Crippen molar-refractivity contribution in [1.82, 2.24) is 0 Å². The number of aryl methyl sites for hydroxylation is 3. The van der Waals surface area contributed by atoms with Gasteiger partial charge < -0.3 is 0 Å². The second-order valence-corrected chi connectivity index (χ2v) is 14.6.